The van der Waals surface area contributed by atoms with E-state index in [4.69, 9.17) is 21.1 Å². The summed E-state index contributed by atoms with van der Waals surface area (Å²) in [5, 5.41) is 11.8. The summed E-state index contributed by atoms with van der Waals surface area (Å²) < 4.78 is 10.6. The molecule has 1 aliphatic heterocycles. The number of nitrogens with zero attached hydrogens (tertiary/aromatic N) is 5. The first-order chi connectivity index (χ1) is 13.0. The molecule has 0 spiro atoms. The van der Waals surface area contributed by atoms with Crippen LogP contribution in [-0.2, 0) is 4.79 Å². The molecule has 144 valence electrons. The third-order valence-corrected chi connectivity index (χ3v) is 4.59. The first-order valence-electron chi connectivity index (χ1n) is 8.40. The number of nitrogens with one attached hydrogen (secondary N) is 1. The lowest BCUT2D eigenvalue weighted by atomic mass is 10.2. The number of piperazine rings is 1. The lowest BCUT2D eigenvalue weighted by molar-refractivity contribution is -0.129. The maximum atomic E-state index is 11.5. The van der Waals surface area contributed by atoms with Crippen LogP contribution in [-0.4, -0.2) is 66.4 Å². The molecule has 1 saturated heterocycles. The number of carbonyl (C=O) groups excluding carboxylic acids is 1. The van der Waals surface area contributed by atoms with E-state index < -0.39 is 0 Å². The summed E-state index contributed by atoms with van der Waals surface area (Å²) in [7, 11) is 3.10. The van der Waals surface area contributed by atoms with Gasteiger partial charge in [0.1, 0.15) is 11.5 Å². The van der Waals surface area contributed by atoms with Gasteiger partial charge in [0.15, 0.2) is 5.82 Å². The lowest BCUT2D eigenvalue weighted by Crippen LogP contribution is -2.48. The quantitative estimate of drug-likeness (QED) is 0.825. The van der Waals surface area contributed by atoms with Crippen LogP contribution in [0.25, 0.3) is 0 Å². The van der Waals surface area contributed by atoms with Crippen LogP contribution >= 0.6 is 11.6 Å². The predicted octanol–water partition coefficient (Wildman–Crippen LogP) is 1.95. The van der Waals surface area contributed by atoms with Crippen molar-refractivity contribution in [3.63, 3.8) is 0 Å². The molecular formula is C17H21ClN6O3. The molecule has 3 rings (SSSR count). The highest BCUT2D eigenvalue weighted by Gasteiger charge is 2.21. The molecule has 2 heterocycles. The normalized spacial score (nSPS) is 14.1. The highest BCUT2D eigenvalue weighted by molar-refractivity contribution is 6.32. The van der Waals surface area contributed by atoms with E-state index in [-0.39, 0.29) is 5.91 Å². The van der Waals surface area contributed by atoms with Crippen LogP contribution in [0.1, 0.15) is 6.92 Å². The highest BCUT2D eigenvalue weighted by Crippen LogP contribution is 2.37. The fraction of sp³-hybridized carbons (Fsp3) is 0.412. The van der Waals surface area contributed by atoms with Crippen LogP contribution < -0.4 is 19.7 Å². The second kappa shape index (κ2) is 8.26. The average molecular weight is 393 g/mol. The molecule has 0 atom stereocenters. The number of amides is 1. The monoisotopic (exact) mass is 392 g/mol. The number of hydrogen-bond acceptors (Lipinski definition) is 8. The summed E-state index contributed by atoms with van der Waals surface area (Å²) in [5.74, 6) is 2.16. The van der Waals surface area contributed by atoms with Crippen LogP contribution in [0, 0.1) is 0 Å². The van der Waals surface area contributed by atoms with Crippen LogP contribution in [0.5, 0.6) is 11.5 Å². The van der Waals surface area contributed by atoms with E-state index in [1.54, 1.807) is 38.2 Å². The van der Waals surface area contributed by atoms with Gasteiger partial charge in [-0.3, -0.25) is 4.79 Å². The zero-order chi connectivity index (χ0) is 19.4. The molecule has 0 saturated carbocycles. The number of benzene rings is 1. The van der Waals surface area contributed by atoms with Crippen molar-refractivity contribution in [1.29, 1.82) is 0 Å². The van der Waals surface area contributed by atoms with Gasteiger partial charge >= 0.3 is 0 Å². The van der Waals surface area contributed by atoms with Crippen molar-refractivity contribution in [3.05, 3.63) is 23.4 Å². The molecular weight excluding hydrogens is 372 g/mol. The van der Waals surface area contributed by atoms with Crippen molar-refractivity contribution in [3.8, 4) is 11.5 Å². The van der Waals surface area contributed by atoms with Crippen molar-refractivity contribution in [1.82, 2.24) is 20.1 Å². The Labute approximate surface area is 162 Å². The average Bonchev–Trinajstić information content (AvgIpc) is 2.69. The van der Waals surface area contributed by atoms with Crippen LogP contribution in [0.4, 0.5) is 17.5 Å². The van der Waals surface area contributed by atoms with Crippen LogP contribution in [0.15, 0.2) is 18.3 Å². The van der Waals surface area contributed by atoms with Gasteiger partial charge in [-0.25, -0.2) is 0 Å². The standard InChI is InChI=1S/C17H21ClN6O3/c1-11(25)23-4-6-24(7-5-23)17-21-16(10-19-22-17)20-13-9-14(26-2)12(18)8-15(13)27-3/h8-10H,4-7H2,1-3H3,(H,20,21,22). The van der Waals surface area contributed by atoms with E-state index in [0.29, 0.717) is 60.2 Å². The lowest BCUT2D eigenvalue weighted by Gasteiger charge is -2.33. The summed E-state index contributed by atoms with van der Waals surface area (Å²) >= 11 is 6.14. The molecule has 10 heteroatoms. The molecule has 0 aliphatic carbocycles. The number of halogens is 1. The van der Waals surface area contributed by atoms with Crippen LogP contribution in [0.2, 0.25) is 5.02 Å². The van der Waals surface area contributed by atoms with Gasteiger partial charge < -0.3 is 24.6 Å². The van der Waals surface area contributed by atoms with E-state index in [9.17, 15) is 4.79 Å². The van der Waals surface area contributed by atoms with E-state index in [2.05, 4.69) is 20.5 Å². The molecule has 1 amide bonds. The second-order valence-corrected chi connectivity index (χ2v) is 6.35. The van der Waals surface area contributed by atoms with E-state index in [0.717, 1.165) is 0 Å². The van der Waals surface area contributed by atoms with Crippen molar-refractivity contribution < 1.29 is 14.3 Å². The molecule has 1 aliphatic rings. The van der Waals surface area contributed by atoms with Crippen LogP contribution in [0.3, 0.4) is 0 Å². The first-order valence-corrected chi connectivity index (χ1v) is 8.78. The predicted molar refractivity (Wildman–Crippen MR) is 102 cm³/mol. The Morgan fingerprint density at radius 3 is 2.48 bits per heavy atom. The summed E-state index contributed by atoms with van der Waals surface area (Å²) in [5.41, 5.74) is 0.645. The Morgan fingerprint density at radius 2 is 1.85 bits per heavy atom. The number of rotatable bonds is 5. The number of ether oxygens (including phenoxy) is 2. The van der Waals surface area contributed by atoms with Gasteiger partial charge in [-0.05, 0) is 0 Å². The van der Waals surface area contributed by atoms with Crippen molar-refractivity contribution in [2.75, 3.05) is 50.6 Å². The molecule has 1 aromatic heterocycles. The van der Waals surface area contributed by atoms with Gasteiger partial charge in [0.25, 0.3) is 0 Å². The maximum absolute atomic E-state index is 11.5. The fourth-order valence-electron chi connectivity index (χ4n) is 2.81. The number of aromatic nitrogens is 3. The van der Waals surface area contributed by atoms with E-state index in [1.165, 1.54) is 6.20 Å². The largest absolute Gasteiger partial charge is 0.495 e. The maximum Gasteiger partial charge on any atom is 0.247 e. The smallest absolute Gasteiger partial charge is 0.247 e. The zero-order valence-corrected chi connectivity index (χ0v) is 16.2. The van der Waals surface area contributed by atoms with Crippen molar-refractivity contribution in [2.24, 2.45) is 0 Å². The third-order valence-electron chi connectivity index (χ3n) is 4.29. The zero-order valence-electron chi connectivity index (χ0n) is 15.4. The minimum absolute atomic E-state index is 0.0768. The molecule has 1 N–H and O–H groups in total. The fourth-order valence-corrected chi connectivity index (χ4v) is 3.04. The molecule has 27 heavy (non-hydrogen) atoms. The third kappa shape index (κ3) is 4.30. The van der Waals surface area contributed by atoms with Gasteiger partial charge in [0, 0.05) is 45.2 Å². The molecule has 0 unspecified atom stereocenters. The summed E-state index contributed by atoms with van der Waals surface area (Å²) in [6.07, 6.45) is 1.52. The van der Waals surface area contributed by atoms with Gasteiger partial charge in [0.05, 0.1) is 31.1 Å². The minimum Gasteiger partial charge on any atom is -0.495 e. The highest BCUT2D eigenvalue weighted by atomic mass is 35.5. The van der Waals surface area contributed by atoms with E-state index >= 15 is 0 Å². The second-order valence-electron chi connectivity index (χ2n) is 5.95. The SMILES string of the molecule is COc1cc(Nc2cnnc(N3CCN(C(C)=O)CC3)n2)c(OC)cc1Cl. The molecule has 0 bridgehead atoms. The van der Waals surface area contributed by atoms with Gasteiger partial charge in [-0.2, -0.15) is 10.1 Å². The molecule has 0 radical (unpaired) electrons. The first kappa shape index (κ1) is 19.0. The minimum atomic E-state index is 0.0768. The van der Waals surface area contributed by atoms with Crippen molar-refractivity contribution >= 4 is 35.0 Å². The Bertz CT molecular complexity index is 826. The number of anilines is 3. The Morgan fingerprint density at radius 1 is 1.15 bits per heavy atom. The molecule has 9 nitrogen and oxygen atoms in total. The number of carbonyl (C=O) groups is 1. The summed E-state index contributed by atoms with van der Waals surface area (Å²) in [6.45, 7) is 4.16. The Hall–Kier alpha value is -2.81. The summed E-state index contributed by atoms with van der Waals surface area (Å²) in [4.78, 5) is 19.8. The molecule has 1 fully saturated rings. The van der Waals surface area contributed by atoms with E-state index in [1.807, 2.05) is 4.90 Å². The number of methoxy groups -OCH3 is 2. The van der Waals surface area contributed by atoms with Crippen molar-refractivity contribution in [2.45, 2.75) is 6.92 Å². The molecule has 1 aromatic carbocycles. The topological polar surface area (TPSA) is 92.7 Å². The Balaban J connectivity index is 1.78. The van der Waals surface area contributed by atoms with Gasteiger partial charge in [0.2, 0.25) is 11.9 Å². The van der Waals surface area contributed by atoms with Gasteiger partial charge in [-0.15, -0.1) is 5.10 Å². The summed E-state index contributed by atoms with van der Waals surface area (Å²) in [6, 6.07) is 3.40. The Kier molecular flexibility index (Phi) is 5.80. The molecule has 2 aromatic rings. The van der Waals surface area contributed by atoms with Gasteiger partial charge in [-0.1, -0.05) is 11.6 Å². The number of hydrogen-bond donors (Lipinski definition) is 1.